The van der Waals surface area contributed by atoms with E-state index in [1.165, 1.54) is 0 Å². The van der Waals surface area contributed by atoms with E-state index >= 15 is 0 Å². The van der Waals surface area contributed by atoms with Gasteiger partial charge < -0.3 is 25.6 Å². The molecule has 1 unspecified atom stereocenters. The van der Waals surface area contributed by atoms with E-state index in [0.717, 1.165) is 11.3 Å². The van der Waals surface area contributed by atoms with Crippen molar-refractivity contribution < 1.29 is 14.3 Å². The van der Waals surface area contributed by atoms with Crippen LogP contribution >= 0.6 is 12.2 Å². The maximum absolute atomic E-state index is 12.6. The molecule has 0 bridgehead atoms. The fraction of sp³-hybridized carbons (Fsp3) is 0.227. The minimum atomic E-state index is -0.431. The molecule has 3 rings (SSSR count). The van der Waals surface area contributed by atoms with Crippen molar-refractivity contribution >= 4 is 40.7 Å². The summed E-state index contributed by atoms with van der Waals surface area (Å²) in [5.41, 5.74) is 3.42. The summed E-state index contributed by atoms with van der Waals surface area (Å²) in [6.45, 7) is 3.90. The first-order valence-electron chi connectivity index (χ1n) is 9.55. The second-order valence-corrected chi connectivity index (χ2v) is 7.11. The molecule has 30 heavy (non-hydrogen) atoms. The number of rotatable bonds is 5. The summed E-state index contributed by atoms with van der Waals surface area (Å²) < 4.78 is 5.25. The van der Waals surface area contributed by atoms with E-state index in [-0.39, 0.29) is 18.6 Å². The third kappa shape index (κ3) is 4.77. The van der Waals surface area contributed by atoms with Gasteiger partial charge in [-0.25, -0.2) is 9.59 Å². The summed E-state index contributed by atoms with van der Waals surface area (Å²) in [6.07, 6.45) is 0. The van der Waals surface area contributed by atoms with Gasteiger partial charge in [0.15, 0.2) is 5.11 Å². The van der Waals surface area contributed by atoms with Crippen molar-refractivity contribution in [2.45, 2.75) is 19.9 Å². The zero-order chi connectivity index (χ0) is 21.7. The number of hydrogen-bond donors (Lipinski definition) is 3. The molecule has 7 nitrogen and oxygen atoms in total. The summed E-state index contributed by atoms with van der Waals surface area (Å²) in [5.74, 6) is -0.383. The molecule has 8 heteroatoms. The number of allylic oxidation sites excluding steroid dienone is 1. The number of ether oxygens (including phenoxy) is 1. The highest BCUT2D eigenvalue weighted by Crippen LogP contribution is 2.31. The van der Waals surface area contributed by atoms with Gasteiger partial charge in [-0.2, -0.15) is 0 Å². The predicted molar refractivity (Wildman–Crippen MR) is 121 cm³/mol. The lowest BCUT2D eigenvalue weighted by Gasteiger charge is -2.35. The Bertz CT molecular complexity index is 974. The third-order valence-electron chi connectivity index (χ3n) is 4.78. The maximum Gasteiger partial charge on any atom is 0.338 e. The van der Waals surface area contributed by atoms with Crippen LogP contribution in [-0.4, -0.2) is 35.7 Å². The number of benzene rings is 2. The Morgan fingerprint density at radius 1 is 1.07 bits per heavy atom. The van der Waals surface area contributed by atoms with Crippen molar-refractivity contribution in [3.8, 4) is 0 Å². The van der Waals surface area contributed by atoms with Gasteiger partial charge in [-0.15, -0.1) is 0 Å². The number of nitrogens with zero attached hydrogens (tertiary/aromatic N) is 1. The fourth-order valence-electron chi connectivity index (χ4n) is 3.13. The molecule has 1 heterocycles. The van der Waals surface area contributed by atoms with Gasteiger partial charge in [-0.3, -0.25) is 0 Å². The van der Waals surface area contributed by atoms with Gasteiger partial charge in [0.25, 0.3) is 0 Å². The number of anilines is 2. The maximum atomic E-state index is 12.6. The molecule has 0 radical (unpaired) electrons. The quantitative estimate of drug-likeness (QED) is 0.497. The minimum Gasteiger partial charge on any atom is -0.463 e. The number of nitrogens with one attached hydrogen (secondary N) is 3. The number of carbonyl (C=O) groups excluding carboxylic acids is 2. The Kier molecular flexibility index (Phi) is 6.68. The number of carbonyl (C=O) groups is 2. The summed E-state index contributed by atoms with van der Waals surface area (Å²) in [4.78, 5) is 26.5. The van der Waals surface area contributed by atoms with E-state index in [1.807, 2.05) is 49.4 Å². The lowest BCUT2D eigenvalue weighted by Crippen LogP contribution is -2.46. The van der Waals surface area contributed by atoms with Crippen molar-refractivity contribution in [1.29, 1.82) is 0 Å². The molecule has 2 aromatic carbocycles. The largest absolute Gasteiger partial charge is 0.463 e. The topological polar surface area (TPSA) is 82.7 Å². The molecule has 2 amide bonds. The molecule has 0 fully saturated rings. The van der Waals surface area contributed by atoms with Crippen LogP contribution in [0.25, 0.3) is 0 Å². The van der Waals surface area contributed by atoms with Crippen molar-refractivity contribution in [1.82, 2.24) is 10.2 Å². The molecule has 0 spiro atoms. The number of esters is 1. The number of urea groups is 1. The van der Waals surface area contributed by atoms with Crippen LogP contribution in [0.2, 0.25) is 0 Å². The zero-order valence-electron chi connectivity index (χ0n) is 17.1. The summed E-state index contributed by atoms with van der Waals surface area (Å²) in [7, 11) is 1.80. The molecule has 0 saturated carbocycles. The summed E-state index contributed by atoms with van der Waals surface area (Å²) >= 11 is 5.39. The normalized spacial score (nSPS) is 16.0. The molecule has 1 aliphatic rings. The molecule has 1 aliphatic heterocycles. The highest BCUT2D eigenvalue weighted by molar-refractivity contribution is 7.80. The molecule has 156 valence electrons. The first-order valence-corrected chi connectivity index (χ1v) is 9.96. The Morgan fingerprint density at radius 3 is 2.27 bits per heavy atom. The second kappa shape index (κ2) is 9.41. The number of para-hydroxylation sites is 1. The number of thiocarbonyl (C=S) groups is 1. The van der Waals surface area contributed by atoms with Gasteiger partial charge in [-0.05, 0) is 55.9 Å². The summed E-state index contributed by atoms with van der Waals surface area (Å²) in [6, 6.07) is 15.7. The predicted octanol–water partition coefficient (Wildman–Crippen LogP) is 4.03. The minimum absolute atomic E-state index is 0.288. The van der Waals surface area contributed by atoms with E-state index in [9.17, 15) is 9.59 Å². The van der Waals surface area contributed by atoms with Crippen molar-refractivity contribution in [2.75, 3.05) is 24.3 Å². The van der Waals surface area contributed by atoms with Gasteiger partial charge in [0.05, 0.1) is 18.2 Å². The molecule has 2 aromatic rings. The Balaban J connectivity index is 1.77. The standard InChI is InChI=1S/C22H24N4O3S/c1-4-29-20(27)18-14(2)26(3)22(30)25-19(18)15-10-12-17(13-11-15)24-21(28)23-16-8-6-5-7-9-16/h5-13,19H,4H2,1-3H3,(H,25,30)(H2,23,24,28). The Labute approximate surface area is 181 Å². The van der Waals surface area contributed by atoms with Gasteiger partial charge in [0.1, 0.15) is 0 Å². The van der Waals surface area contributed by atoms with E-state index in [2.05, 4.69) is 16.0 Å². The van der Waals surface area contributed by atoms with Crippen molar-refractivity contribution in [2.24, 2.45) is 0 Å². The van der Waals surface area contributed by atoms with Crippen LogP contribution in [0.5, 0.6) is 0 Å². The number of amides is 2. The Hall–Kier alpha value is -3.39. The van der Waals surface area contributed by atoms with E-state index in [1.54, 1.807) is 31.0 Å². The van der Waals surface area contributed by atoms with Crippen LogP contribution in [-0.2, 0) is 9.53 Å². The lowest BCUT2D eigenvalue weighted by molar-refractivity contribution is -0.139. The first-order chi connectivity index (χ1) is 14.4. The van der Waals surface area contributed by atoms with Crippen LogP contribution in [0, 0.1) is 0 Å². The van der Waals surface area contributed by atoms with Gasteiger partial charge >= 0.3 is 12.0 Å². The van der Waals surface area contributed by atoms with Gasteiger partial charge in [0.2, 0.25) is 0 Å². The van der Waals surface area contributed by atoms with Gasteiger partial charge in [0, 0.05) is 24.1 Å². The first kappa shape index (κ1) is 21.3. The van der Waals surface area contributed by atoms with E-state index < -0.39 is 6.04 Å². The van der Waals surface area contributed by atoms with Gasteiger partial charge in [-0.1, -0.05) is 30.3 Å². The average molecular weight is 425 g/mol. The zero-order valence-corrected chi connectivity index (χ0v) is 17.9. The smallest absolute Gasteiger partial charge is 0.338 e. The van der Waals surface area contributed by atoms with Crippen LogP contribution in [0.15, 0.2) is 65.9 Å². The molecule has 0 aromatic heterocycles. The average Bonchev–Trinajstić information content (AvgIpc) is 2.73. The van der Waals surface area contributed by atoms with Crippen molar-refractivity contribution in [3.05, 3.63) is 71.4 Å². The number of hydrogen-bond acceptors (Lipinski definition) is 4. The third-order valence-corrected chi connectivity index (χ3v) is 5.17. The summed E-state index contributed by atoms with van der Waals surface area (Å²) in [5, 5.41) is 9.28. The fourth-order valence-corrected chi connectivity index (χ4v) is 3.39. The van der Waals surface area contributed by atoms with Crippen LogP contribution in [0.1, 0.15) is 25.5 Å². The van der Waals surface area contributed by atoms with E-state index in [4.69, 9.17) is 17.0 Å². The lowest BCUT2D eigenvalue weighted by atomic mass is 9.95. The molecular weight excluding hydrogens is 400 g/mol. The molecular formula is C22H24N4O3S. The second-order valence-electron chi connectivity index (χ2n) is 6.73. The highest BCUT2D eigenvalue weighted by Gasteiger charge is 2.33. The van der Waals surface area contributed by atoms with Crippen LogP contribution in [0.4, 0.5) is 16.2 Å². The molecule has 0 aliphatic carbocycles. The monoisotopic (exact) mass is 424 g/mol. The van der Waals surface area contributed by atoms with Crippen molar-refractivity contribution in [3.63, 3.8) is 0 Å². The van der Waals surface area contributed by atoms with Crippen LogP contribution < -0.4 is 16.0 Å². The SMILES string of the molecule is CCOC(=O)C1=C(C)N(C)C(=S)NC1c1ccc(NC(=O)Nc2ccccc2)cc1. The Morgan fingerprint density at radius 2 is 1.67 bits per heavy atom. The molecule has 3 N–H and O–H groups in total. The van der Waals surface area contributed by atoms with E-state index in [0.29, 0.717) is 22.1 Å². The molecule has 1 atom stereocenters. The van der Waals surface area contributed by atoms with Crippen LogP contribution in [0.3, 0.4) is 0 Å². The highest BCUT2D eigenvalue weighted by atomic mass is 32.1. The molecule has 0 saturated heterocycles.